The number of carbonyl (C=O) groups excluding carboxylic acids is 1. The van der Waals surface area contributed by atoms with Crippen molar-refractivity contribution in [3.63, 3.8) is 0 Å². The molecule has 0 saturated carbocycles. The van der Waals surface area contributed by atoms with Crippen LogP contribution in [0.5, 0.6) is 0 Å². The zero-order valence-electron chi connectivity index (χ0n) is 9.92. The number of hydrogen-bond donors (Lipinski definition) is 1. The summed E-state index contributed by atoms with van der Waals surface area (Å²) in [7, 11) is 1.75. The zero-order valence-corrected chi connectivity index (χ0v) is 11.5. The molecule has 96 valence electrons. The Morgan fingerprint density at radius 2 is 2.26 bits per heavy atom. The van der Waals surface area contributed by atoms with Gasteiger partial charge in [-0.05, 0) is 12.1 Å². The van der Waals surface area contributed by atoms with Gasteiger partial charge >= 0.3 is 0 Å². The summed E-state index contributed by atoms with van der Waals surface area (Å²) in [6.07, 6.45) is 3.29. The minimum atomic E-state index is -0.550. The maximum Gasteiger partial charge on any atom is 0.284 e. The maximum absolute atomic E-state index is 11.2. The topological polar surface area (TPSA) is 73.8 Å². The Hall–Kier alpha value is -1.92. The summed E-state index contributed by atoms with van der Waals surface area (Å²) in [4.78, 5) is 20.4. The molecule has 0 aliphatic carbocycles. The molecule has 2 N–H and O–H groups in total. The van der Waals surface area contributed by atoms with Gasteiger partial charge in [-0.1, -0.05) is 11.6 Å². The van der Waals surface area contributed by atoms with Gasteiger partial charge in [0, 0.05) is 13.2 Å². The van der Waals surface area contributed by atoms with Crippen LogP contribution in [0.4, 0.5) is 0 Å². The van der Waals surface area contributed by atoms with Crippen LogP contribution in [0.15, 0.2) is 24.5 Å². The predicted molar refractivity (Wildman–Crippen MR) is 75.3 cm³/mol. The number of amides is 1. The Labute approximate surface area is 117 Å². The van der Waals surface area contributed by atoms with Crippen LogP contribution in [0.25, 0.3) is 20.8 Å². The van der Waals surface area contributed by atoms with Crippen molar-refractivity contribution in [2.24, 2.45) is 12.8 Å². The summed E-state index contributed by atoms with van der Waals surface area (Å²) >= 11 is 7.64. The van der Waals surface area contributed by atoms with E-state index in [2.05, 4.69) is 9.97 Å². The highest BCUT2D eigenvalue weighted by atomic mass is 35.5. The molecule has 3 aromatic heterocycles. The quantitative estimate of drug-likeness (QED) is 0.788. The molecule has 0 fully saturated rings. The Bertz CT molecular complexity index is 792. The van der Waals surface area contributed by atoms with E-state index >= 15 is 0 Å². The first-order valence-corrected chi connectivity index (χ1v) is 6.63. The monoisotopic (exact) mass is 292 g/mol. The van der Waals surface area contributed by atoms with Gasteiger partial charge in [0.15, 0.2) is 5.82 Å². The van der Waals surface area contributed by atoms with Crippen molar-refractivity contribution in [3.05, 3.63) is 35.4 Å². The summed E-state index contributed by atoms with van der Waals surface area (Å²) < 4.78 is 2.59. The van der Waals surface area contributed by atoms with Crippen molar-refractivity contribution in [2.45, 2.75) is 0 Å². The van der Waals surface area contributed by atoms with Crippen molar-refractivity contribution in [1.82, 2.24) is 14.5 Å². The number of imidazole rings is 1. The van der Waals surface area contributed by atoms with Crippen LogP contribution in [0.3, 0.4) is 0 Å². The molecule has 0 radical (unpaired) electrons. The number of carbonyl (C=O) groups is 1. The van der Waals surface area contributed by atoms with E-state index in [0.717, 1.165) is 20.8 Å². The van der Waals surface area contributed by atoms with Crippen LogP contribution in [0.1, 0.15) is 10.6 Å². The number of aromatic nitrogens is 3. The van der Waals surface area contributed by atoms with Crippen molar-refractivity contribution in [2.75, 3.05) is 0 Å². The van der Waals surface area contributed by atoms with Gasteiger partial charge in [0.25, 0.3) is 5.91 Å². The Morgan fingerprint density at radius 1 is 1.47 bits per heavy atom. The fourth-order valence-electron chi connectivity index (χ4n) is 1.90. The standard InChI is InChI=1S/C12H9ClN4OS/c1-17-8(5-16-12(17)11(14)18)9-4-7-10(19-9)6(13)2-3-15-7/h2-5H,1H3,(H2,14,18). The van der Waals surface area contributed by atoms with E-state index in [1.54, 1.807) is 30.1 Å². The SMILES string of the molecule is Cn1c(-c2cc3nccc(Cl)c3s2)cnc1C(N)=O. The fraction of sp³-hybridized carbons (Fsp3) is 0.0833. The minimum Gasteiger partial charge on any atom is -0.363 e. The van der Waals surface area contributed by atoms with E-state index < -0.39 is 5.91 Å². The predicted octanol–water partition coefficient (Wildman–Crippen LogP) is 2.45. The second-order valence-corrected chi connectivity index (χ2v) is 5.47. The average molecular weight is 293 g/mol. The number of primary amides is 1. The smallest absolute Gasteiger partial charge is 0.284 e. The molecule has 0 aliphatic heterocycles. The van der Waals surface area contributed by atoms with Crippen molar-refractivity contribution < 1.29 is 4.79 Å². The molecule has 5 nitrogen and oxygen atoms in total. The molecule has 7 heteroatoms. The maximum atomic E-state index is 11.2. The molecule has 3 aromatic rings. The molecule has 0 bridgehead atoms. The number of fused-ring (bicyclic) bond motifs is 1. The van der Waals surface area contributed by atoms with E-state index in [0.29, 0.717) is 5.02 Å². The number of rotatable bonds is 2. The molecule has 0 saturated heterocycles. The molecule has 3 rings (SSSR count). The molecule has 0 aromatic carbocycles. The molecule has 3 heterocycles. The lowest BCUT2D eigenvalue weighted by Gasteiger charge is -2.00. The summed E-state index contributed by atoms with van der Waals surface area (Å²) in [5, 5.41) is 0.665. The number of hydrogen-bond acceptors (Lipinski definition) is 4. The van der Waals surface area contributed by atoms with Crippen molar-refractivity contribution in [3.8, 4) is 10.6 Å². The van der Waals surface area contributed by atoms with Crippen molar-refractivity contribution in [1.29, 1.82) is 0 Å². The molecule has 19 heavy (non-hydrogen) atoms. The van der Waals surface area contributed by atoms with Gasteiger partial charge < -0.3 is 10.3 Å². The van der Waals surface area contributed by atoms with Crippen LogP contribution in [-0.4, -0.2) is 20.4 Å². The van der Waals surface area contributed by atoms with E-state index in [9.17, 15) is 4.79 Å². The molecule has 0 spiro atoms. The zero-order chi connectivity index (χ0) is 13.6. The van der Waals surface area contributed by atoms with Crippen LogP contribution in [0, 0.1) is 0 Å². The van der Waals surface area contributed by atoms with E-state index in [1.165, 1.54) is 11.3 Å². The molecular formula is C12H9ClN4OS. The normalized spacial score (nSPS) is 11.1. The Kier molecular flexibility index (Phi) is 2.76. The number of thiophene rings is 1. The highest BCUT2D eigenvalue weighted by Crippen LogP contribution is 2.36. The lowest BCUT2D eigenvalue weighted by molar-refractivity contribution is 0.0987. The van der Waals surface area contributed by atoms with Gasteiger partial charge in [-0.25, -0.2) is 4.98 Å². The summed E-state index contributed by atoms with van der Waals surface area (Å²) in [6.45, 7) is 0. The third kappa shape index (κ3) is 1.89. The highest BCUT2D eigenvalue weighted by molar-refractivity contribution is 7.22. The molecule has 0 aliphatic rings. The number of nitrogens with zero attached hydrogens (tertiary/aromatic N) is 3. The second kappa shape index (κ2) is 4.32. The average Bonchev–Trinajstić information content (AvgIpc) is 2.93. The van der Waals surface area contributed by atoms with E-state index in [-0.39, 0.29) is 5.82 Å². The second-order valence-electron chi connectivity index (χ2n) is 4.01. The van der Waals surface area contributed by atoms with Gasteiger partial charge in [0.05, 0.1) is 32.0 Å². The number of nitrogens with two attached hydrogens (primary N) is 1. The van der Waals surface area contributed by atoms with E-state index in [4.69, 9.17) is 17.3 Å². The summed E-state index contributed by atoms with van der Waals surface area (Å²) in [6, 6.07) is 3.68. The summed E-state index contributed by atoms with van der Waals surface area (Å²) in [5.74, 6) is -0.322. The first-order chi connectivity index (χ1) is 9.08. The minimum absolute atomic E-state index is 0.228. The van der Waals surface area contributed by atoms with Crippen LogP contribution in [-0.2, 0) is 7.05 Å². The molecule has 1 amide bonds. The van der Waals surface area contributed by atoms with Crippen LogP contribution < -0.4 is 5.73 Å². The summed E-state index contributed by atoms with van der Waals surface area (Å²) in [5.41, 5.74) is 6.89. The Balaban J connectivity index is 2.20. The number of halogens is 1. The van der Waals surface area contributed by atoms with Gasteiger partial charge in [-0.15, -0.1) is 11.3 Å². The van der Waals surface area contributed by atoms with E-state index in [1.807, 2.05) is 6.07 Å². The highest BCUT2D eigenvalue weighted by Gasteiger charge is 2.15. The van der Waals surface area contributed by atoms with Crippen LogP contribution in [0.2, 0.25) is 5.02 Å². The van der Waals surface area contributed by atoms with Crippen molar-refractivity contribution >= 4 is 39.1 Å². The first kappa shape index (κ1) is 12.1. The largest absolute Gasteiger partial charge is 0.363 e. The van der Waals surface area contributed by atoms with Gasteiger partial charge in [0.2, 0.25) is 0 Å². The fourth-order valence-corrected chi connectivity index (χ4v) is 3.24. The molecular weight excluding hydrogens is 284 g/mol. The lowest BCUT2D eigenvalue weighted by atomic mass is 10.3. The van der Waals surface area contributed by atoms with Gasteiger partial charge in [-0.3, -0.25) is 9.78 Å². The number of pyridine rings is 1. The van der Waals surface area contributed by atoms with Crippen LogP contribution >= 0.6 is 22.9 Å². The third-order valence-corrected chi connectivity index (χ3v) is 4.43. The Morgan fingerprint density at radius 3 is 2.89 bits per heavy atom. The lowest BCUT2D eigenvalue weighted by Crippen LogP contribution is -2.16. The molecule has 0 atom stereocenters. The third-order valence-electron chi connectivity index (χ3n) is 2.82. The first-order valence-electron chi connectivity index (χ1n) is 5.44. The van der Waals surface area contributed by atoms with Gasteiger partial charge in [-0.2, -0.15) is 0 Å². The van der Waals surface area contributed by atoms with Gasteiger partial charge in [0.1, 0.15) is 0 Å². The molecule has 0 unspecified atom stereocenters.